The summed E-state index contributed by atoms with van der Waals surface area (Å²) in [6.07, 6.45) is 1.21. The van der Waals surface area contributed by atoms with Gasteiger partial charge in [-0.15, -0.1) is 0 Å². The van der Waals surface area contributed by atoms with E-state index in [1.807, 2.05) is 24.3 Å². The van der Waals surface area contributed by atoms with Gasteiger partial charge in [-0.2, -0.15) is 5.26 Å². The Bertz CT molecular complexity index is 469. The number of nitriles is 1. The van der Waals surface area contributed by atoms with Crippen LogP contribution in [0, 0.1) is 23.2 Å². The van der Waals surface area contributed by atoms with Gasteiger partial charge in [0.2, 0.25) is 0 Å². The molecule has 0 radical (unpaired) electrons. The summed E-state index contributed by atoms with van der Waals surface area (Å²) in [4.78, 5) is 0. The van der Waals surface area contributed by atoms with Crippen LogP contribution in [0.5, 0.6) is 0 Å². The summed E-state index contributed by atoms with van der Waals surface area (Å²) < 4.78 is 5.98. The minimum absolute atomic E-state index is 0.0893. The van der Waals surface area contributed by atoms with E-state index in [0.717, 1.165) is 18.6 Å². The largest absolute Gasteiger partial charge is 0.373 e. The smallest absolute Gasteiger partial charge is 0.0991 e. The van der Waals surface area contributed by atoms with E-state index >= 15 is 0 Å². The highest BCUT2D eigenvalue weighted by atomic mass is 16.5. The zero-order valence-corrected chi connectivity index (χ0v) is 11.0. The number of nitrogens with zero attached hydrogens (tertiary/aromatic N) is 1. The molecule has 1 aromatic carbocycles. The molecule has 2 rings (SSSR count). The molecule has 0 aromatic heterocycles. The van der Waals surface area contributed by atoms with Crippen LogP contribution in [0.1, 0.15) is 37.5 Å². The van der Waals surface area contributed by atoms with E-state index in [0.29, 0.717) is 17.4 Å². The van der Waals surface area contributed by atoms with E-state index < -0.39 is 0 Å². The minimum Gasteiger partial charge on any atom is -0.373 e. The predicted octanol–water partition coefficient (Wildman–Crippen LogP) is 3.85. The maximum Gasteiger partial charge on any atom is 0.0991 e. The molecule has 1 aromatic rings. The number of benzene rings is 1. The van der Waals surface area contributed by atoms with Gasteiger partial charge >= 0.3 is 0 Å². The molecular weight excluding hydrogens is 222 g/mol. The SMILES string of the molecule is C=C(C)[C@@H]1C[C@H](C)CO[C@H]1c1ccc(C#N)cc1. The van der Waals surface area contributed by atoms with Crippen molar-refractivity contribution in [1.82, 2.24) is 0 Å². The van der Waals surface area contributed by atoms with Crippen molar-refractivity contribution in [2.45, 2.75) is 26.4 Å². The molecule has 18 heavy (non-hydrogen) atoms. The highest BCUT2D eigenvalue weighted by Gasteiger charge is 2.31. The molecule has 0 aliphatic carbocycles. The van der Waals surface area contributed by atoms with Crippen molar-refractivity contribution >= 4 is 0 Å². The lowest BCUT2D eigenvalue weighted by Gasteiger charge is -2.35. The molecule has 1 saturated heterocycles. The van der Waals surface area contributed by atoms with E-state index in [9.17, 15) is 0 Å². The molecule has 0 spiro atoms. The number of rotatable bonds is 2. The van der Waals surface area contributed by atoms with Gasteiger partial charge in [0.1, 0.15) is 0 Å². The van der Waals surface area contributed by atoms with Gasteiger partial charge in [0.05, 0.1) is 24.3 Å². The molecule has 1 aliphatic heterocycles. The third-order valence-electron chi connectivity index (χ3n) is 3.58. The molecule has 0 amide bonds. The maximum atomic E-state index is 8.82. The molecule has 1 fully saturated rings. The first-order valence-electron chi connectivity index (χ1n) is 6.39. The van der Waals surface area contributed by atoms with Crippen LogP contribution in [0.25, 0.3) is 0 Å². The van der Waals surface area contributed by atoms with Gasteiger partial charge in [0, 0.05) is 5.92 Å². The van der Waals surface area contributed by atoms with Gasteiger partial charge in [-0.05, 0) is 37.0 Å². The molecular formula is C16H19NO. The van der Waals surface area contributed by atoms with Crippen LogP contribution in [-0.2, 0) is 4.74 Å². The fourth-order valence-corrected chi connectivity index (χ4v) is 2.54. The van der Waals surface area contributed by atoms with Gasteiger partial charge in [-0.3, -0.25) is 0 Å². The van der Waals surface area contributed by atoms with E-state index in [1.165, 1.54) is 5.57 Å². The molecule has 0 N–H and O–H groups in total. The Morgan fingerprint density at radius 1 is 1.39 bits per heavy atom. The van der Waals surface area contributed by atoms with Gasteiger partial charge in [0.25, 0.3) is 0 Å². The van der Waals surface area contributed by atoms with Crippen LogP contribution in [0.2, 0.25) is 0 Å². The van der Waals surface area contributed by atoms with E-state index in [4.69, 9.17) is 10.00 Å². The molecule has 3 atom stereocenters. The second-order valence-corrected chi connectivity index (χ2v) is 5.28. The zero-order chi connectivity index (χ0) is 13.1. The zero-order valence-electron chi connectivity index (χ0n) is 11.0. The van der Waals surface area contributed by atoms with Crippen molar-refractivity contribution in [2.75, 3.05) is 6.61 Å². The number of hydrogen-bond donors (Lipinski definition) is 0. The van der Waals surface area contributed by atoms with Crippen molar-refractivity contribution in [2.24, 2.45) is 11.8 Å². The van der Waals surface area contributed by atoms with Gasteiger partial charge in [0.15, 0.2) is 0 Å². The first-order valence-corrected chi connectivity index (χ1v) is 6.39. The molecule has 94 valence electrons. The Morgan fingerprint density at radius 2 is 2.06 bits per heavy atom. The van der Waals surface area contributed by atoms with Gasteiger partial charge in [-0.1, -0.05) is 31.2 Å². The summed E-state index contributed by atoms with van der Waals surface area (Å²) >= 11 is 0. The summed E-state index contributed by atoms with van der Waals surface area (Å²) in [5, 5.41) is 8.82. The standard InChI is InChI=1S/C16H19NO/c1-11(2)15-8-12(3)10-18-16(15)14-6-4-13(9-17)5-7-14/h4-7,12,15-16H,1,8,10H2,2-3H3/t12-,15-,16-/m0/s1. The maximum absolute atomic E-state index is 8.82. The third kappa shape index (κ3) is 2.63. The van der Waals surface area contributed by atoms with Crippen molar-refractivity contribution in [3.63, 3.8) is 0 Å². The van der Waals surface area contributed by atoms with E-state index in [1.54, 1.807) is 0 Å². The summed E-state index contributed by atoms with van der Waals surface area (Å²) in [7, 11) is 0. The summed E-state index contributed by atoms with van der Waals surface area (Å²) in [6.45, 7) is 9.18. The van der Waals surface area contributed by atoms with Crippen LogP contribution >= 0.6 is 0 Å². The van der Waals surface area contributed by atoms with Crippen molar-refractivity contribution < 1.29 is 4.74 Å². The van der Waals surface area contributed by atoms with E-state index in [2.05, 4.69) is 26.5 Å². The lowest BCUT2D eigenvalue weighted by atomic mass is 9.81. The van der Waals surface area contributed by atoms with Gasteiger partial charge < -0.3 is 4.74 Å². The predicted molar refractivity (Wildman–Crippen MR) is 71.9 cm³/mol. The van der Waals surface area contributed by atoms with Crippen LogP contribution < -0.4 is 0 Å². The fourth-order valence-electron chi connectivity index (χ4n) is 2.54. The fraction of sp³-hybridized carbons (Fsp3) is 0.438. The van der Waals surface area contributed by atoms with Crippen molar-refractivity contribution in [3.8, 4) is 6.07 Å². The lowest BCUT2D eigenvalue weighted by Crippen LogP contribution is -2.28. The van der Waals surface area contributed by atoms with Crippen LogP contribution in [-0.4, -0.2) is 6.61 Å². The molecule has 2 nitrogen and oxygen atoms in total. The Morgan fingerprint density at radius 3 is 2.61 bits per heavy atom. The second kappa shape index (κ2) is 5.37. The average Bonchev–Trinajstić information content (AvgIpc) is 2.39. The molecule has 1 heterocycles. The minimum atomic E-state index is 0.0893. The van der Waals surface area contributed by atoms with Crippen LogP contribution in [0.3, 0.4) is 0 Å². The Balaban J connectivity index is 2.24. The monoisotopic (exact) mass is 241 g/mol. The highest BCUT2D eigenvalue weighted by molar-refractivity contribution is 5.33. The summed E-state index contributed by atoms with van der Waals surface area (Å²) in [5.74, 6) is 0.961. The van der Waals surface area contributed by atoms with Crippen molar-refractivity contribution in [1.29, 1.82) is 5.26 Å². The second-order valence-electron chi connectivity index (χ2n) is 5.28. The number of hydrogen-bond acceptors (Lipinski definition) is 2. The average molecular weight is 241 g/mol. The Hall–Kier alpha value is -1.59. The topological polar surface area (TPSA) is 33.0 Å². The van der Waals surface area contributed by atoms with Crippen molar-refractivity contribution in [3.05, 3.63) is 47.5 Å². The van der Waals surface area contributed by atoms with Crippen LogP contribution in [0.4, 0.5) is 0 Å². The molecule has 0 saturated carbocycles. The molecule has 0 unspecified atom stereocenters. The quantitative estimate of drug-likeness (QED) is 0.737. The third-order valence-corrected chi connectivity index (χ3v) is 3.58. The molecule has 1 aliphatic rings. The van der Waals surface area contributed by atoms with E-state index in [-0.39, 0.29) is 6.10 Å². The lowest BCUT2D eigenvalue weighted by molar-refractivity contribution is -0.0424. The van der Waals surface area contributed by atoms with Gasteiger partial charge in [-0.25, -0.2) is 0 Å². The summed E-state index contributed by atoms with van der Waals surface area (Å²) in [6, 6.07) is 9.84. The normalized spacial score (nSPS) is 27.5. The Kier molecular flexibility index (Phi) is 3.84. The highest BCUT2D eigenvalue weighted by Crippen LogP contribution is 2.39. The number of ether oxygens (including phenoxy) is 1. The molecule has 2 heteroatoms. The Labute approximate surface area is 109 Å². The first-order chi connectivity index (χ1) is 8.61. The first kappa shape index (κ1) is 12.9. The molecule has 0 bridgehead atoms. The van der Waals surface area contributed by atoms with Crippen LogP contribution in [0.15, 0.2) is 36.4 Å². The summed E-state index contributed by atoms with van der Waals surface area (Å²) in [5.41, 5.74) is 3.01.